The molecular formula is C7H5BrFN3. The summed E-state index contributed by atoms with van der Waals surface area (Å²) in [5.41, 5.74) is 8.81. The Morgan fingerprint density at radius 2 is 2.33 bits per heavy atom. The number of rotatable bonds is 2. The van der Waals surface area contributed by atoms with Gasteiger partial charge in [-0.05, 0) is 23.2 Å². The molecule has 0 spiro atoms. The van der Waals surface area contributed by atoms with E-state index in [1.165, 1.54) is 12.1 Å². The lowest BCUT2D eigenvalue weighted by Gasteiger charge is -1.98. The second kappa shape index (κ2) is 4.09. The summed E-state index contributed by atoms with van der Waals surface area (Å²) < 4.78 is 13.2. The van der Waals surface area contributed by atoms with Gasteiger partial charge < -0.3 is 0 Å². The molecule has 0 aromatic heterocycles. The Hall–Kier alpha value is -1.06. The summed E-state index contributed by atoms with van der Waals surface area (Å²) in [6.45, 7) is 0.233. The second-order valence-electron chi connectivity index (χ2n) is 2.12. The topological polar surface area (TPSA) is 48.8 Å². The fourth-order valence-electron chi connectivity index (χ4n) is 0.758. The molecule has 0 saturated carbocycles. The van der Waals surface area contributed by atoms with E-state index in [-0.39, 0.29) is 12.4 Å². The number of hydrogen-bond acceptors (Lipinski definition) is 1. The van der Waals surface area contributed by atoms with Crippen molar-refractivity contribution in [2.24, 2.45) is 5.11 Å². The molecule has 1 aromatic carbocycles. The highest BCUT2D eigenvalue weighted by Crippen LogP contribution is 2.18. The fraction of sp³-hybridized carbons (Fsp3) is 0.143. The van der Waals surface area contributed by atoms with Crippen molar-refractivity contribution < 1.29 is 4.39 Å². The molecule has 0 saturated heterocycles. The van der Waals surface area contributed by atoms with E-state index in [1.54, 1.807) is 6.07 Å². The molecule has 0 unspecified atom stereocenters. The van der Waals surface area contributed by atoms with Crippen LogP contribution in [0.15, 0.2) is 27.8 Å². The summed E-state index contributed by atoms with van der Waals surface area (Å²) in [5.74, 6) is -0.313. The average molecular weight is 230 g/mol. The van der Waals surface area contributed by atoms with Crippen LogP contribution < -0.4 is 0 Å². The van der Waals surface area contributed by atoms with Crippen LogP contribution in [-0.2, 0) is 6.54 Å². The van der Waals surface area contributed by atoms with Gasteiger partial charge in [0, 0.05) is 9.38 Å². The first-order chi connectivity index (χ1) is 5.74. The van der Waals surface area contributed by atoms with Crippen molar-refractivity contribution in [2.75, 3.05) is 0 Å². The normalized spacial score (nSPS) is 9.17. The van der Waals surface area contributed by atoms with Gasteiger partial charge in [-0.15, -0.1) is 0 Å². The summed E-state index contributed by atoms with van der Waals surface area (Å²) >= 11 is 3.15. The van der Waals surface area contributed by atoms with Gasteiger partial charge in [-0.25, -0.2) is 4.39 Å². The predicted molar refractivity (Wildman–Crippen MR) is 47.0 cm³/mol. The maximum atomic E-state index is 12.5. The van der Waals surface area contributed by atoms with Crippen molar-refractivity contribution in [3.8, 4) is 0 Å². The molecule has 62 valence electrons. The van der Waals surface area contributed by atoms with Gasteiger partial charge in [-0.3, -0.25) is 0 Å². The maximum Gasteiger partial charge on any atom is 0.124 e. The summed E-state index contributed by atoms with van der Waals surface area (Å²) in [7, 11) is 0. The summed E-state index contributed by atoms with van der Waals surface area (Å²) in [6, 6.07) is 4.24. The quantitative estimate of drug-likeness (QED) is 0.424. The van der Waals surface area contributed by atoms with Crippen LogP contribution in [0.3, 0.4) is 0 Å². The molecule has 1 rings (SSSR count). The minimum absolute atomic E-state index is 0.233. The molecule has 0 fully saturated rings. The van der Waals surface area contributed by atoms with Crippen LogP contribution in [-0.4, -0.2) is 0 Å². The molecule has 0 N–H and O–H groups in total. The molecular weight excluding hydrogens is 225 g/mol. The van der Waals surface area contributed by atoms with Gasteiger partial charge in [0.1, 0.15) is 5.82 Å². The van der Waals surface area contributed by atoms with E-state index in [4.69, 9.17) is 5.53 Å². The number of azide groups is 1. The lowest BCUT2D eigenvalue weighted by atomic mass is 10.2. The maximum absolute atomic E-state index is 12.5. The van der Waals surface area contributed by atoms with E-state index in [0.29, 0.717) is 4.47 Å². The van der Waals surface area contributed by atoms with Crippen molar-refractivity contribution in [1.82, 2.24) is 0 Å². The Morgan fingerprint density at radius 3 is 2.92 bits per heavy atom. The Bertz CT molecular complexity index is 333. The molecule has 0 heterocycles. The van der Waals surface area contributed by atoms with Gasteiger partial charge >= 0.3 is 0 Å². The van der Waals surface area contributed by atoms with Crippen LogP contribution >= 0.6 is 15.9 Å². The molecule has 12 heavy (non-hydrogen) atoms. The fourth-order valence-corrected chi connectivity index (χ4v) is 1.23. The van der Waals surface area contributed by atoms with Crippen molar-refractivity contribution in [3.63, 3.8) is 0 Å². The molecule has 1 aromatic rings. The highest BCUT2D eigenvalue weighted by Gasteiger charge is 1.98. The van der Waals surface area contributed by atoms with E-state index in [2.05, 4.69) is 26.0 Å². The molecule has 0 bridgehead atoms. The van der Waals surface area contributed by atoms with Crippen LogP contribution in [0.4, 0.5) is 4.39 Å². The second-order valence-corrected chi connectivity index (χ2v) is 2.98. The van der Waals surface area contributed by atoms with E-state index < -0.39 is 0 Å². The smallest absolute Gasteiger partial charge is 0.124 e. The standard InChI is InChI=1S/C7H5BrFN3/c8-7-3-6(9)2-1-5(7)4-11-12-10/h1-3H,4H2. The SMILES string of the molecule is [N-]=[N+]=NCc1ccc(F)cc1Br. The lowest BCUT2D eigenvalue weighted by Crippen LogP contribution is -1.83. The third-order valence-electron chi connectivity index (χ3n) is 1.32. The Morgan fingerprint density at radius 1 is 1.58 bits per heavy atom. The Kier molecular flexibility index (Phi) is 3.08. The first kappa shape index (κ1) is 9.03. The minimum Gasteiger partial charge on any atom is -0.207 e. The monoisotopic (exact) mass is 229 g/mol. The summed E-state index contributed by atoms with van der Waals surface area (Å²) in [4.78, 5) is 2.60. The summed E-state index contributed by atoms with van der Waals surface area (Å²) in [5, 5.41) is 3.36. The van der Waals surface area contributed by atoms with Crippen LogP contribution in [0.5, 0.6) is 0 Å². The number of benzene rings is 1. The molecule has 0 aliphatic carbocycles. The summed E-state index contributed by atoms with van der Waals surface area (Å²) in [6.07, 6.45) is 0. The zero-order valence-corrected chi connectivity index (χ0v) is 7.62. The Labute approximate surface area is 77.0 Å². The molecule has 5 heteroatoms. The zero-order chi connectivity index (χ0) is 8.97. The van der Waals surface area contributed by atoms with Crippen LogP contribution in [0, 0.1) is 5.82 Å². The van der Waals surface area contributed by atoms with Crippen LogP contribution in [0.25, 0.3) is 10.4 Å². The van der Waals surface area contributed by atoms with Gasteiger partial charge in [0.05, 0.1) is 6.54 Å². The van der Waals surface area contributed by atoms with Gasteiger partial charge in [-0.1, -0.05) is 27.1 Å². The molecule has 0 atom stereocenters. The molecule has 0 amide bonds. The van der Waals surface area contributed by atoms with E-state index in [1.807, 2.05) is 0 Å². The molecule has 0 radical (unpaired) electrons. The average Bonchev–Trinajstić information content (AvgIpc) is 2.03. The van der Waals surface area contributed by atoms with Gasteiger partial charge in [0.25, 0.3) is 0 Å². The minimum atomic E-state index is -0.313. The van der Waals surface area contributed by atoms with Gasteiger partial charge in [0.15, 0.2) is 0 Å². The Balaban J connectivity index is 2.93. The largest absolute Gasteiger partial charge is 0.207 e. The zero-order valence-electron chi connectivity index (χ0n) is 6.04. The van der Waals surface area contributed by atoms with E-state index in [9.17, 15) is 4.39 Å². The first-order valence-corrected chi connectivity index (χ1v) is 3.98. The van der Waals surface area contributed by atoms with Crippen molar-refractivity contribution >= 4 is 15.9 Å². The lowest BCUT2D eigenvalue weighted by molar-refractivity contribution is 0.626. The number of hydrogen-bond donors (Lipinski definition) is 0. The van der Waals surface area contributed by atoms with Crippen LogP contribution in [0.2, 0.25) is 0 Å². The number of halogens is 2. The highest BCUT2D eigenvalue weighted by molar-refractivity contribution is 9.10. The molecule has 3 nitrogen and oxygen atoms in total. The first-order valence-electron chi connectivity index (χ1n) is 3.19. The van der Waals surface area contributed by atoms with Crippen LogP contribution in [0.1, 0.15) is 5.56 Å². The molecule has 0 aliphatic rings. The third-order valence-corrected chi connectivity index (χ3v) is 2.06. The van der Waals surface area contributed by atoms with Gasteiger partial charge in [0.2, 0.25) is 0 Å². The number of nitrogens with zero attached hydrogens (tertiary/aromatic N) is 3. The van der Waals surface area contributed by atoms with Crippen molar-refractivity contribution in [1.29, 1.82) is 0 Å². The third kappa shape index (κ3) is 2.22. The van der Waals surface area contributed by atoms with Crippen molar-refractivity contribution in [3.05, 3.63) is 44.5 Å². The van der Waals surface area contributed by atoms with E-state index in [0.717, 1.165) is 5.56 Å². The van der Waals surface area contributed by atoms with Crippen molar-refractivity contribution in [2.45, 2.75) is 6.54 Å². The molecule has 0 aliphatic heterocycles. The predicted octanol–water partition coefficient (Wildman–Crippen LogP) is 3.40. The van der Waals surface area contributed by atoms with Gasteiger partial charge in [-0.2, -0.15) is 0 Å². The van der Waals surface area contributed by atoms with E-state index >= 15 is 0 Å². The highest BCUT2D eigenvalue weighted by atomic mass is 79.9.